The molecule has 0 aliphatic heterocycles. The summed E-state index contributed by atoms with van der Waals surface area (Å²) in [5.41, 5.74) is 0.748. The van der Waals surface area contributed by atoms with Crippen LogP contribution in [0.1, 0.15) is 54.7 Å². The average molecular weight is 343 g/mol. The third-order valence-corrected chi connectivity index (χ3v) is 5.02. The van der Waals surface area contributed by atoms with Gasteiger partial charge in [-0.05, 0) is 38.1 Å². The second kappa shape index (κ2) is 7.78. The first kappa shape index (κ1) is 17.6. The van der Waals surface area contributed by atoms with Crippen LogP contribution in [0, 0.1) is 0 Å². The van der Waals surface area contributed by atoms with Gasteiger partial charge in [0.15, 0.2) is 0 Å². The van der Waals surface area contributed by atoms with Gasteiger partial charge >= 0.3 is 5.97 Å². The van der Waals surface area contributed by atoms with Crippen molar-refractivity contribution in [2.75, 3.05) is 14.2 Å². The zero-order valence-electron chi connectivity index (χ0n) is 14.9. The van der Waals surface area contributed by atoms with E-state index in [4.69, 9.17) is 4.74 Å². The van der Waals surface area contributed by atoms with Crippen LogP contribution in [0.5, 0.6) is 0 Å². The lowest BCUT2D eigenvalue weighted by Crippen LogP contribution is -2.32. The number of ether oxygens (including phenoxy) is 1. The number of carbonyl (C=O) groups excluding carboxylic acids is 1. The zero-order valence-corrected chi connectivity index (χ0v) is 14.9. The first-order chi connectivity index (χ1) is 12.1. The molecule has 1 saturated carbocycles. The number of benzene rings is 1. The van der Waals surface area contributed by atoms with Crippen LogP contribution in [-0.4, -0.2) is 41.0 Å². The molecule has 0 amide bonds. The highest BCUT2D eigenvalue weighted by atomic mass is 16.5. The van der Waals surface area contributed by atoms with E-state index in [9.17, 15) is 9.59 Å². The number of aromatic nitrogens is 2. The van der Waals surface area contributed by atoms with Gasteiger partial charge in [0.25, 0.3) is 5.56 Å². The van der Waals surface area contributed by atoms with Crippen LogP contribution < -0.4 is 5.56 Å². The Kier molecular flexibility index (Phi) is 5.48. The van der Waals surface area contributed by atoms with Crippen molar-refractivity contribution in [3.63, 3.8) is 0 Å². The SMILES string of the molecule is COC(=O)c1ccc2c(=O)[nH]c(CN(C)C3CCCCCC3)nc2c1. The molecule has 25 heavy (non-hydrogen) atoms. The van der Waals surface area contributed by atoms with Crippen molar-refractivity contribution < 1.29 is 9.53 Å². The third kappa shape index (κ3) is 4.07. The third-order valence-electron chi connectivity index (χ3n) is 5.02. The van der Waals surface area contributed by atoms with Gasteiger partial charge in [-0.15, -0.1) is 0 Å². The molecule has 6 nitrogen and oxygen atoms in total. The minimum atomic E-state index is -0.430. The molecule has 0 saturated heterocycles. The fraction of sp³-hybridized carbons (Fsp3) is 0.526. The Morgan fingerprint density at radius 1 is 1.28 bits per heavy atom. The molecule has 0 atom stereocenters. The topological polar surface area (TPSA) is 75.3 Å². The van der Waals surface area contributed by atoms with Crippen molar-refractivity contribution >= 4 is 16.9 Å². The van der Waals surface area contributed by atoms with E-state index in [1.165, 1.54) is 45.6 Å². The minimum Gasteiger partial charge on any atom is -0.465 e. The van der Waals surface area contributed by atoms with Crippen molar-refractivity contribution in [3.8, 4) is 0 Å². The van der Waals surface area contributed by atoms with Crippen LogP contribution in [-0.2, 0) is 11.3 Å². The first-order valence-electron chi connectivity index (χ1n) is 8.90. The number of nitrogens with one attached hydrogen (secondary N) is 1. The van der Waals surface area contributed by atoms with E-state index >= 15 is 0 Å². The molecule has 1 aromatic carbocycles. The van der Waals surface area contributed by atoms with E-state index in [1.807, 2.05) is 0 Å². The average Bonchev–Trinajstić information content (AvgIpc) is 2.90. The highest BCUT2D eigenvalue weighted by Crippen LogP contribution is 2.22. The second-order valence-electron chi connectivity index (χ2n) is 6.80. The number of rotatable bonds is 4. The smallest absolute Gasteiger partial charge is 0.337 e. The molecule has 3 rings (SSSR count). The molecule has 1 N–H and O–H groups in total. The van der Waals surface area contributed by atoms with Gasteiger partial charge in [0.2, 0.25) is 0 Å². The van der Waals surface area contributed by atoms with Crippen molar-refractivity contribution in [2.24, 2.45) is 0 Å². The molecule has 6 heteroatoms. The number of hydrogen-bond acceptors (Lipinski definition) is 5. The van der Waals surface area contributed by atoms with E-state index in [0.29, 0.717) is 34.9 Å². The van der Waals surface area contributed by atoms with E-state index in [2.05, 4.69) is 21.9 Å². The molecule has 2 aromatic rings. The number of carbonyl (C=O) groups is 1. The quantitative estimate of drug-likeness (QED) is 0.682. The maximum Gasteiger partial charge on any atom is 0.337 e. The summed E-state index contributed by atoms with van der Waals surface area (Å²) in [5, 5.41) is 0.480. The van der Waals surface area contributed by atoms with Crippen LogP contribution in [0.3, 0.4) is 0 Å². The van der Waals surface area contributed by atoms with E-state index in [1.54, 1.807) is 18.2 Å². The molecule has 1 aliphatic rings. The summed E-state index contributed by atoms with van der Waals surface area (Å²) in [5.74, 6) is 0.201. The molecule has 0 spiro atoms. The molecule has 0 bridgehead atoms. The lowest BCUT2D eigenvalue weighted by molar-refractivity contribution is 0.0601. The van der Waals surface area contributed by atoms with Gasteiger partial charge < -0.3 is 9.72 Å². The highest BCUT2D eigenvalue weighted by molar-refractivity contribution is 5.93. The summed E-state index contributed by atoms with van der Waals surface area (Å²) in [7, 11) is 3.43. The number of nitrogens with zero attached hydrogens (tertiary/aromatic N) is 2. The number of esters is 1. The number of methoxy groups -OCH3 is 1. The largest absolute Gasteiger partial charge is 0.465 e. The van der Waals surface area contributed by atoms with Crippen LogP contribution in [0.4, 0.5) is 0 Å². The summed E-state index contributed by atoms with van der Waals surface area (Å²) < 4.78 is 4.74. The Morgan fingerprint density at radius 2 is 2.00 bits per heavy atom. The summed E-state index contributed by atoms with van der Waals surface area (Å²) in [6.07, 6.45) is 7.54. The van der Waals surface area contributed by atoms with Crippen LogP contribution in [0.15, 0.2) is 23.0 Å². The fourth-order valence-electron chi connectivity index (χ4n) is 3.57. The van der Waals surface area contributed by atoms with Gasteiger partial charge in [0.05, 0.1) is 30.1 Å². The molecule has 1 aromatic heterocycles. The van der Waals surface area contributed by atoms with Crippen molar-refractivity contribution in [3.05, 3.63) is 39.9 Å². The van der Waals surface area contributed by atoms with Gasteiger partial charge in [-0.1, -0.05) is 25.7 Å². The summed E-state index contributed by atoms with van der Waals surface area (Å²) >= 11 is 0. The predicted molar refractivity (Wildman–Crippen MR) is 96.7 cm³/mol. The van der Waals surface area contributed by atoms with Crippen molar-refractivity contribution in [2.45, 2.75) is 51.1 Å². The number of hydrogen-bond donors (Lipinski definition) is 1. The number of H-pyrrole nitrogens is 1. The van der Waals surface area contributed by atoms with E-state index in [-0.39, 0.29) is 5.56 Å². The predicted octanol–water partition coefficient (Wildman–Crippen LogP) is 2.86. The van der Waals surface area contributed by atoms with Crippen LogP contribution in [0.25, 0.3) is 10.9 Å². The minimum absolute atomic E-state index is 0.175. The molecule has 1 fully saturated rings. The van der Waals surface area contributed by atoms with Crippen molar-refractivity contribution in [1.29, 1.82) is 0 Å². The van der Waals surface area contributed by atoms with Gasteiger partial charge in [-0.2, -0.15) is 0 Å². The Balaban J connectivity index is 1.85. The monoisotopic (exact) mass is 343 g/mol. The van der Waals surface area contributed by atoms with E-state index < -0.39 is 5.97 Å². The Bertz CT molecular complexity index is 807. The van der Waals surface area contributed by atoms with Gasteiger partial charge in [-0.25, -0.2) is 9.78 Å². The van der Waals surface area contributed by atoms with Gasteiger partial charge in [0.1, 0.15) is 5.82 Å². The van der Waals surface area contributed by atoms with Crippen LogP contribution >= 0.6 is 0 Å². The molecule has 0 radical (unpaired) electrons. The molecular weight excluding hydrogens is 318 g/mol. The zero-order chi connectivity index (χ0) is 17.8. The van der Waals surface area contributed by atoms with Gasteiger partial charge in [0, 0.05) is 6.04 Å². The molecule has 1 heterocycles. The standard InChI is InChI=1S/C19H25N3O3/c1-22(14-7-5-3-4-6-8-14)12-17-20-16-11-13(19(24)25-2)9-10-15(16)18(23)21-17/h9-11,14H,3-8,12H2,1-2H3,(H,20,21,23). The number of fused-ring (bicyclic) bond motifs is 1. The lowest BCUT2D eigenvalue weighted by Gasteiger charge is -2.26. The summed E-state index contributed by atoms with van der Waals surface area (Å²) in [6.45, 7) is 0.596. The molecule has 1 aliphatic carbocycles. The summed E-state index contributed by atoms with van der Waals surface area (Å²) in [4.78, 5) is 33.8. The van der Waals surface area contributed by atoms with E-state index in [0.717, 1.165) is 0 Å². The molecule has 0 unspecified atom stereocenters. The molecule has 134 valence electrons. The first-order valence-corrected chi connectivity index (χ1v) is 8.90. The number of aromatic amines is 1. The van der Waals surface area contributed by atoms with Crippen LogP contribution in [0.2, 0.25) is 0 Å². The fourth-order valence-corrected chi connectivity index (χ4v) is 3.57. The second-order valence-corrected chi connectivity index (χ2v) is 6.80. The maximum atomic E-state index is 12.3. The lowest BCUT2D eigenvalue weighted by atomic mass is 10.1. The maximum absolute atomic E-state index is 12.3. The van der Waals surface area contributed by atoms with Gasteiger partial charge in [-0.3, -0.25) is 9.69 Å². The highest BCUT2D eigenvalue weighted by Gasteiger charge is 2.18. The molecular formula is C19H25N3O3. The Morgan fingerprint density at radius 3 is 2.68 bits per heavy atom. The Labute approximate surface area is 147 Å². The Hall–Kier alpha value is -2.21. The van der Waals surface area contributed by atoms with Crippen molar-refractivity contribution in [1.82, 2.24) is 14.9 Å². The normalized spacial score (nSPS) is 16.1. The summed E-state index contributed by atoms with van der Waals surface area (Å²) in [6, 6.07) is 5.35.